The standard InChI is InChI=1S/2C20H27N3O4S.C11H14ClNO3S.C11H15NO4S.2C9H14N2O.3CH4.I3.2HI/c2*1-4-6-13-28(25,26)23-18-10-8-7-9-16(18)20(24)22-17(5-2)15-11-12-19(27-3)21-14-15;1-2-3-8-17(15,16)13-10-7-5-4-6-9(10)11(12)14;1-2-3-8-17(15,16)12-10-7-5-4-6-9(10)11(13)14;2*1-3-8(10)7-4-5-9(12-2)11-6-7;;;;1-3-2;;/h2*7-12,14,17,23H,4-6,13H2,1-3H3,(H,22,24);4-7,13H,2-3,8H2,1H3;4-7,12H,2-3,8H2,1H3,(H,13,14);2*4-6,8H,3,10H2,1-2H3;3*1H4;;2*1H/q;;;;;;;;;-1;;/t2*17-;;;8-;;;;;;;/m11..1......./s1. The second-order valence-corrected chi connectivity index (χ2v) is 49.3. The number of hydrogen-bond acceptors (Lipinski definition) is 22. The third kappa shape index (κ3) is 47.8. The Labute approximate surface area is 793 Å². The Balaban J connectivity index is -0.000000694. The van der Waals surface area contributed by atoms with Gasteiger partial charge in [0.05, 0.1) is 109 Å². The molecule has 0 spiro atoms. The zero-order valence-corrected chi connectivity index (χ0v) is 83.8. The summed E-state index contributed by atoms with van der Waals surface area (Å²) in [5.74, 6) is 0.471. The van der Waals surface area contributed by atoms with Gasteiger partial charge in [0.1, 0.15) is 0 Å². The van der Waals surface area contributed by atoms with Gasteiger partial charge in [-0.1, -0.05) is 176 Å². The normalized spacial score (nSPS) is 11.4. The predicted octanol–water partition coefficient (Wildman–Crippen LogP) is 16.5. The number of carboxylic acids is 1. The molecule has 11 N–H and O–H groups in total. The number of methoxy groups -OCH3 is 4. The van der Waals surface area contributed by atoms with Crippen LogP contribution in [0.3, 0.4) is 0 Å². The zero-order chi connectivity index (χ0) is 87.6. The first kappa shape index (κ1) is 122. The summed E-state index contributed by atoms with van der Waals surface area (Å²) < 4.78 is 125. The van der Waals surface area contributed by atoms with Gasteiger partial charge < -0.3 is 46.2 Å². The second-order valence-electron chi connectivity index (χ2n) is 25.3. The number of carboxylic acid groups (broad SMARTS) is 1. The van der Waals surface area contributed by atoms with Crippen molar-refractivity contribution in [3.8, 4) is 23.5 Å². The van der Waals surface area contributed by atoms with Crippen LogP contribution in [-0.4, -0.2) is 133 Å². The molecule has 0 aliphatic rings. The average Bonchev–Trinajstić information content (AvgIpc) is 0.816. The van der Waals surface area contributed by atoms with Crippen LogP contribution in [0.15, 0.2) is 170 Å². The molecule has 0 bridgehead atoms. The Morgan fingerprint density at radius 2 is 0.623 bits per heavy atom. The summed E-state index contributed by atoms with van der Waals surface area (Å²) in [7, 11) is -7.60. The van der Waals surface area contributed by atoms with Gasteiger partial charge in [0.2, 0.25) is 63.6 Å². The molecule has 1 unspecified atom stereocenters. The number of anilines is 4. The van der Waals surface area contributed by atoms with E-state index in [2.05, 4.69) is 101 Å². The molecule has 122 heavy (non-hydrogen) atoms. The molecular formula is C83H125ClI5N12O17S4-. The molecule has 29 nitrogen and oxygen atoms in total. The predicted molar refractivity (Wildman–Crippen MR) is 530 cm³/mol. The number of benzene rings is 4. The molecule has 4 heterocycles. The van der Waals surface area contributed by atoms with Crippen LogP contribution in [-0.2, 0) is 40.1 Å². The number of rotatable bonds is 38. The maximum atomic E-state index is 12.8. The number of unbranched alkanes of at least 4 members (excludes halogenated alkanes) is 4. The van der Waals surface area contributed by atoms with E-state index in [1.165, 1.54) is 24.3 Å². The van der Waals surface area contributed by atoms with Gasteiger partial charge in [0, 0.05) is 61.1 Å². The van der Waals surface area contributed by atoms with Crippen LogP contribution in [0.4, 0.5) is 22.7 Å². The van der Waals surface area contributed by atoms with Crippen molar-refractivity contribution in [3.63, 3.8) is 0 Å². The van der Waals surface area contributed by atoms with Gasteiger partial charge in [-0.15, -0.1) is 48.0 Å². The number of aromatic carboxylic acids is 1. The Hall–Kier alpha value is -6.38. The SMILES string of the molecule is C.C.C.CCC(N)c1ccc(OC)nc1.CCCCS(=O)(=O)Nc1ccccc1C(=O)Cl.CCCCS(=O)(=O)Nc1ccccc1C(=O)N[C@H](CC)c1ccc(OC)nc1.CCCCS(=O)(=O)Nc1ccccc1C(=O)N[C@H](CC)c1ccc(OC)nc1.CCCCS(=O)(=O)Nc1ccccc1C(=O)O.CC[C@@H](N)c1ccc(OC)nc1.I.I.I[I-]I. The zero-order valence-electron chi connectivity index (χ0n) is 68.7. The van der Waals surface area contributed by atoms with Crippen molar-refractivity contribution >= 4 is 183 Å². The number of hydrogen-bond donors (Lipinski definition) is 9. The number of pyridine rings is 4. The third-order valence-electron chi connectivity index (χ3n) is 16.6. The minimum atomic E-state index is -3.50. The van der Waals surface area contributed by atoms with Crippen molar-refractivity contribution in [2.45, 2.75) is 179 Å². The van der Waals surface area contributed by atoms with E-state index < -0.39 is 51.3 Å². The van der Waals surface area contributed by atoms with Gasteiger partial charge in [0.15, 0.2) is 0 Å². The quantitative estimate of drug-likeness (QED) is 0.0128. The van der Waals surface area contributed by atoms with Crippen molar-refractivity contribution in [2.75, 3.05) is 70.3 Å². The molecule has 8 rings (SSSR count). The fourth-order valence-electron chi connectivity index (χ4n) is 9.94. The van der Waals surface area contributed by atoms with E-state index in [0.717, 1.165) is 60.8 Å². The Morgan fingerprint density at radius 1 is 0.393 bits per heavy atom. The van der Waals surface area contributed by atoms with Crippen LogP contribution in [0, 0.1) is 0 Å². The first-order valence-electron chi connectivity index (χ1n) is 37.5. The van der Waals surface area contributed by atoms with Crippen LogP contribution in [0.1, 0.15) is 243 Å². The molecule has 0 saturated heterocycles. The molecule has 0 radical (unpaired) electrons. The van der Waals surface area contributed by atoms with Crippen molar-refractivity contribution in [1.29, 1.82) is 0 Å². The van der Waals surface area contributed by atoms with Crippen LogP contribution in [0.2, 0.25) is 0 Å². The van der Waals surface area contributed by atoms with Crippen molar-refractivity contribution in [2.24, 2.45) is 11.5 Å². The minimum absolute atomic E-state index is 0. The third-order valence-corrected chi connectivity index (χ3v) is 22.2. The van der Waals surface area contributed by atoms with Crippen molar-refractivity contribution in [1.82, 2.24) is 30.6 Å². The van der Waals surface area contributed by atoms with E-state index >= 15 is 0 Å². The molecule has 2 amide bonds. The summed E-state index contributed by atoms with van der Waals surface area (Å²) in [5, 5.41) is 14.1. The number of carbonyl (C=O) groups excluding carboxylic acids is 3. The first-order chi connectivity index (χ1) is 55.7. The summed E-state index contributed by atoms with van der Waals surface area (Å²) >= 11 is 10.7. The van der Waals surface area contributed by atoms with E-state index in [1.54, 1.807) is 138 Å². The van der Waals surface area contributed by atoms with Gasteiger partial charge in [0.25, 0.3) is 17.1 Å². The molecule has 4 aromatic heterocycles. The molecular weight excluding hydrogens is 2240 g/mol. The number of amides is 2. The van der Waals surface area contributed by atoms with Crippen molar-refractivity contribution in [3.05, 3.63) is 215 Å². The van der Waals surface area contributed by atoms with Gasteiger partial charge >= 0.3 is 56.5 Å². The van der Waals surface area contributed by atoms with Crippen LogP contribution >= 0.6 is 96.8 Å². The molecule has 4 aromatic carbocycles. The number of nitrogens with zero attached hydrogens (tertiary/aromatic N) is 4. The van der Waals surface area contributed by atoms with Crippen LogP contribution in [0.25, 0.3) is 0 Å². The number of para-hydroxylation sites is 4. The van der Waals surface area contributed by atoms with Crippen molar-refractivity contribution < 1.29 is 90.2 Å². The second kappa shape index (κ2) is 67.0. The maximum absolute atomic E-state index is 12.8. The molecule has 0 aliphatic carbocycles. The number of nitrogens with two attached hydrogens (primary N) is 2. The molecule has 4 atom stereocenters. The topological polar surface area (TPSA) is 438 Å². The molecule has 0 aliphatic heterocycles. The summed E-state index contributed by atoms with van der Waals surface area (Å²) in [6.07, 6.45) is 15.3. The number of nitrogens with one attached hydrogen (secondary N) is 6. The van der Waals surface area contributed by atoms with Gasteiger partial charge in [-0.3, -0.25) is 33.3 Å². The van der Waals surface area contributed by atoms with E-state index in [4.69, 9.17) is 47.1 Å². The first-order valence-corrected chi connectivity index (χ1v) is 57.0. The number of sulfonamides is 4. The fourth-order valence-corrected chi connectivity index (χ4v) is 15.2. The Bertz CT molecular complexity index is 4450. The van der Waals surface area contributed by atoms with E-state index in [-0.39, 0.29) is 174 Å². The summed E-state index contributed by atoms with van der Waals surface area (Å²) in [5.41, 5.74) is 17.0. The summed E-state index contributed by atoms with van der Waals surface area (Å²) in [4.78, 5) is 64.1. The summed E-state index contributed by atoms with van der Waals surface area (Å²) in [6, 6.07) is 39.7. The monoisotopic (exact) mass is 2360 g/mol. The average molecular weight is 2360 g/mol. The number of halogens is 6. The van der Waals surface area contributed by atoms with E-state index in [9.17, 15) is 52.8 Å². The molecule has 39 heteroatoms. The Kier molecular flexibility index (Phi) is 66.9. The summed E-state index contributed by atoms with van der Waals surface area (Å²) in [6.45, 7) is 15.7. The van der Waals surface area contributed by atoms with Crippen LogP contribution in [0.5, 0.6) is 23.5 Å². The van der Waals surface area contributed by atoms with Gasteiger partial charge in [-0.25, -0.2) is 58.4 Å². The number of ether oxygens (including phenoxy) is 4. The van der Waals surface area contributed by atoms with Crippen LogP contribution < -0.4 is 73.2 Å². The fraction of sp³-hybridized carbons (Fsp3) is 0.422. The molecule has 0 saturated carbocycles. The van der Waals surface area contributed by atoms with E-state index in [1.807, 2.05) is 77.9 Å². The molecule has 8 aromatic rings. The van der Waals surface area contributed by atoms with Gasteiger partial charge in [-0.2, -0.15) is 0 Å². The molecule has 0 fully saturated rings. The van der Waals surface area contributed by atoms with Gasteiger partial charge in [-0.05, 0) is 134 Å². The Morgan fingerprint density at radius 3 is 0.836 bits per heavy atom. The number of aromatic nitrogens is 4. The van der Waals surface area contributed by atoms with E-state index in [0.29, 0.717) is 75.3 Å². The molecule has 686 valence electrons. The number of carbonyl (C=O) groups is 4.